The maximum Gasteiger partial charge on any atom is 0.226 e. The van der Waals surface area contributed by atoms with Crippen molar-refractivity contribution in [2.24, 2.45) is 5.92 Å². The van der Waals surface area contributed by atoms with Crippen molar-refractivity contribution in [1.82, 2.24) is 14.7 Å². The maximum atomic E-state index is 12.7. The lowest BCUT2D eigenvalue weighted by Gasteiger charge is -2.38. The van der Waals surface area contributed by atoms with Crippen LogP contribution in [0.1, 0.15) is 35.7 Å². The van der Waals surface area contributed by atoms with Gasteiger partial charge in [0.15, 0.2) is 0 Å². The molecule has 0 spiro atoms. The summed E-state index contributed by atoms with van der Waals surface area (Å²) in [4.78, 5) is 17.2. The van der Waals surface area contributed by atoms with E-state index in [1.165, 1.54) is 0 Å². The van der Waals surface area contributed by atoms with Crippen LogP contribution < -0.4 is 5.32 Å². The Morgan fingerprint density at radius 2 is 2.04 bits per heavy atom. The summed E-state index contributed by atoms with van der Waals surface area (Å²) in [6.45, 7) is 2.01. The molecule has 26 heavy (non-hydrogen) atoms. The molecule has 5 nitrogen and oxygen atoms in total. The van der Waals surface area contributed by atoms with Crippen molar-refractivity contribution >= 4 is 11.6 Å². The van der Waals surface area contributed by atoms with Gasteiger partial charge in [0.25, 0.3) is 0 Å². The summed E-state index contributed by atoms with van der Waals surface area (Å²) >= 11 is 0. The first-order chi connectivity index (χ1) is 12.6. The minimum Gasteiger partial charge on any atom is -0.393 e. The second-order valence-corrected chi connectivity index (χ2v) is 7.15. The second-order valence-electron chi connectivity index (χ2n) is 7.15. The first-order valence-corrected chi connectivity index (χ1v) is 9.06. The molecule has 0 radical (unpaired) electrons. The van der Waals surface area contributed by atoms with Gasteiger partial charge in [0.2, 0.25) is 5.91 Å². The monoisotopic (exact) mass is 349 g/mol. The van der Waals surface area contributed by atoms with Gasteiger partial charge in [0, 0.05) is 12.4 Å². The van der Waals surface area contributed by atoms with Gasteiger partial charge in [0.1, 0.15) is 5.65 Å². The third-order valence-corrected chi connectivity index (χ3v) is 5.25. The van der Waals surface area contributed by atoms with E-state index in [0.29, 0.717) is 0 Å². The zero-order chi connectivity index (χ0) is 18.1. The lowest BCUT2D eigenvalue weighted by atomic mass is 9.75. The number of amides is 1. The van der Waals surface area contributed by atoms with Gasteiger partial charge >= 0.3 is 0 Å². The number of carbonyl (C=O) groups is 1. The fourth-order valence-electron chi connectivity index (χ4n) is 3.76. The summed E-state index contributed by atoms with van der Waals surface area (Å²) in [6.07, 6.45) is 5.21. The highest BCUT2D eigenvalue weighted by Crippen LogP contribution is 2.38. The van der Waals surface area contributed by atoms with Crippen molar-refractivity contribution < 1.29 is 9.90 Å². The molecule has 1 aliphatic carbocycles. The fourth-order valence-corrected chi connectivity index (χ4v) is 3.76. The second kappa shape index (κ2) is 6.92. The van der Waals surface area contributed by atoms with E-state index in [0.717, 1.165) is 35.3 Å². The van der Waals surface area contributed by atoms with E-state index < -0.39 is 0 Å². The number of aryl methyl sites for hydroxylation is 1. The third-order valence-electron chi connectivity index (χ3n) is 5.25. The summed E-state index contributed by atoms with van der Waals surface area (Å²) in [6, 6.07) is 13.9. The summed E-state index contributed by atoms with van der Waals surface area (Å²) in [5.41, 5.74) is 3.94. The molecule has 0 saturated heterocycles. The van der Waals surface area contributed by atoms with Gasteiger partial charge in [-0.1, -0.05) is 36.4 Å². The molecule has 1 saturated carbocycles. The highest BCUT2D eigenvalue weighted by molar-refractivity contribution is 5.79. The number of hydrogen-bond donors (Lipinski definition) is 2. The molecule has 2 heterocycles. The predicted molar refractivity (Wildman–Crippen MR) is 99.7 cm³/mol. The van der Waals surface area contributed by atoms with Crippen LogP contribution in [-0.4, -0.2) is 26.5 Å². The summed E-state index contributed by atoms with van der Waals surface area (Å²) in [5.74, 6) is 0.254. The van der Waals surface area contributed by atoms with E-state index in [1.807, 2.05) is 60.0 Å². The van der Waals surface area contributed by atoms with Gasteiger partial charge < -0.3 is 14.8 Å². The zero-order valence-corrected chi connectivity index (χ0v) is 14.8. The average molecular weight is 349 g/mol. The molecule has 1 atom stereocenters. The Kier molecular flexibility index (Phi) is 4.47. The van der Waals surface area contributed by atoms with Crippen LogP contribution in [0.2, 0.25) is 0 Å². The topological polar surface area (TPSA) is 66.6 Å². The summed E-state index contributed by atoms with van der Waals surface area (Å²) < 4.78 is 1.97. The Morgan fingerprint density at radius 3 is 2.77 bits per heavy atom. The highest BCUT2D eigenvalue weighted by atomic mass is 16.3. The zero-order valence-electron chi connectivity index (χ0n) is 14.8. The number of aliphatic hydroxyl groups is 1. The Bertz CT molecular complexity index is 913. The van der Waals surface area contributed by atoms with Gasteiger partial charge in [-0.05, 0) is 42.9 Å². The van der Waals surface area contributed by atoms with E-state index in [4.69, 9.17) is 0 Å². The number of pyridine rings is 1. The molecule has 3 aromatic rings. The van der Waals surface area contributed by atoms with Crippen LogP contribution in [0.5, 0.6) is 0 Å². The van der Waals surface area contributed by atoms with E-state index in [9.17, 15) is 9.90 Å². The molecule has 1 fully saturated rings. The van der Waals surface area contributed by atoms with Gasteiger partial charge in [-0.3, -0.25) is 4.79 Å². The molecule has 134 valence electrons. The molecule has 0 bridgehead atoms. The van der Waals surface area contributed by atoms with Crippen LogP contribution in [-0.2, 0) is 11.2 Å². The number of nitrogens with zero attached hydrogens (tertiary/aromatic N) is 2. The van der Waals surface area contributed by atoms with Gasteiger partial charge in [-0.25, -0.2) is 4.98 Å². The molecule has 5 heteroatoms. The van der Waals surface area contributed by atoms with Gasteiger partial charge in [0.05, 0.1) is 24.3 Å². The molecule has 2 aromatic heterocycles. The van der Waals surface area contributed by atoms with E-state index >= 15 is 0 Å². The van der Waals surface area contributed by atoms with Crippen molar-refractivity contribution in [3.8, 4) is 0 Å². The molecular formula is C21H23N3O2. The number of rotatable bonds is 5. The number of aromatic nitrogens is 2. The normalized spacial score (nSPS) is 20.5. The average Bonchev–Trinajstić information content (AvgIpc) is 3.02. The number of benzene rings is 1. The van der Waals surface area contributed by atoms with Crippen molar-refractivity contribution in [1.29, 1.82) is 0 Å². The van der Waals surface area contributed by atoms with Gasteiger partial charge in [-0.15, -0.1) is 0 Å². The smallest absolute Gasteiger partial charge is 0.226 e. The lowest BCUT2D eigenvalue weighted by Crippen LogP contribution is -2.41. The first kappa shape index (κ1) is 16.8. The van der Waals surface area contributed by atoms with Crippen LogP contribution in [0, 0.1) is 12.8 Å². The number of fused-ring (bicyclic) bond motifs is 1. The van der Waals surface area contributed by atoms with Crippen LogP contribution >= 0.6 is 0 Å². The maximum absolute atomic E-state index is 12.7. The number of nitrogens with one attached hydrogen (secondary N) is 1. The van der Waals surface area contributed by atoms with E-state index in [2.05, 4.69) is 10.3 Å². The molecule has 2 N–H and O–H groups in total. The highest BCUT2D eigenvalue weighted by Gasteiger charge is 2.35. The number of hydrogen-bond acceptors (Lipinski definition) is 3. The third kappa shape index (κ3) is 3.22. The quantitative estimate of drug-likeness (QED) is 0.744. The molecular weight excluding hydrogens is 326 g/mol. The van der Waals surface area contributed by atoms with Crippen LogP contribution in [0.4, 0.5) is 0 Å². The van der Waals surface area contributed by atoms with Crippen molar-refractivity contribution in [2.75, 3.05) is 0 Å². The Hall–Kier alpha value is -2.66. The number of carbonyl (C=O) groups excluding carboxylic acids is 1. The molecule has 1 amide bonds. The Labute approximate surface area is 152 Å². The first-order valence-electron chi connectivity index (χ1n) is 9.06. The Balaban J connectivity index is 1.52. The SMILES string of the molecule is Cc1cccn2c(CC(=O)N[C@H](c3ccccc3)C3CC(O)C3)cnc12. The van der Waals surface area contributed by atoms with E-state index in [-0.39, 0.29) is 30.4 Å². The fraction of sp³-hybridized carbons (Fsp3) is 0.333. The number of imidazole rings is 1. The molecule has 1 aromatic carbocycles. The summed E-state index contributed by atoms with van der Waals surface area (Å²) in [5, 5.41) is 12.9. The Morgan fingerprint density at radius 1 is 1.27 bits per heavy atom. The molecule has 4 rings (SSSR count). The number of aliphatic hydroxyl groups excluding tert-OH is 1. The molecule has 0 unspecified atom stereocenters. The van der Waals surface area contributed by atoms with Gasteiger partial charge in [-0.2, -0.15) is 0 Å². The standard InChI is InChI=1S/C21H23N3O2/c1-14-6-5-9-24-17(13-22-21(14)24)12-19(26)23-20(16-10-18(25)11-16)15-7-3-2-4-8-15/h2-9,13,16,18,20,25H,10-12H2,1H3,(H,23,26)/t16?,18?,20-/m1/s1. The summed E-state index contributed by atoms with van der Waals surface area (Å²) in [7, 11) is 0. The molecule has 0 aliphatic heterocycles. The molecule has 1 aliphatic rings. The van der Waals surface area contributed by atoms with Crippen molar-refractivity contribution in [3.05, 3.63) is 71.7 Å². The van der Waals surface area contributed by atoms with E-state index in [1.54, 1.807) is 6.20 Å². The minimum atomic E-state index is -0.245. The lowest BCUT2D eigenvalue weighted by molar-refractivity contribution is -0.122. The van der Waals surface area contributed by atoms with Crippen molar-refractivity contribution in [3.63, 3.8) is 0 Å². The van der Waals surface area contributed by atoms with Crippen LogP contribution in [0.25, 0.3) is 5.65 Å². The predicted octanol–water partition coefficient (Wildman–Crippen LogP) is 2.81. The minimum absolute atomic E-state index is 0.0245. The van der Waals surface area contributed by atoms with Crippen LogP contribution in [0.15, 0.2) is 54.9 Å². The largest absolute Gasteiger partial charge is 0.393 e. The van der Waals surface area contributed by atoms with Crippen molar-refractivity contribution in [2.45, 2.75) is 38.3 Å². The van der Waals surface area contributed by atoms with Crippen LogP contribution in [0.3, 0.4) is 0 Å².